The zero-order chi connectivity index (χ0) is 17.0. The number of furan rings is 1. The lowest BCUT2D eigenvalue weighted by Gasteiger charge is -2.06. The second kappa shape index (κ2) is 4.98. The van der Waals surface area contributed by atoms with Crippen molar-refractivity contribution in [1.29, 1.82) is 0 Å². The van der Waals surface area contributed by atoms with Gasteiger partial charge >= 0.3 is 0 Å². The van der Waals surface area contributed by atoms with Gasteiger partial charge in [0.1, 0.15) is 17.2 Å². The van der Waals surface area contributed by atoms with Crippen molar-refractivity contribution in [2.24, 2.45) is 0 Å². The molecule has 0 unspecified atom stereocenters. The van der Waals surface area contributed by atoms with E-state index in [0.29, 0.717) is 12.4 Å². The molecule has 4 N–H and O–H groups in total. The zero-order valence-electron chi connectivity index (χ0n) is 13.3. The Morgan fingerprint density at radius 3 is 2.76 bits per heavy atom. The Kier molecular flexibility index (Phi) is 2.76. The minimum absolute atomic E-state index is 0.186. The summed E-state index contributed by atoms with van der Waals surface area (Å²) >= 11 is 0. The number of nitrogens with zero attached hydrogens (tertiary/aromatic N) is 3. The Hall–Kier alpha value is -3.54. The Bertz CT molecular complexity index is 1220. The normalized spacial score (nSPS) is 11.7. The Morgan fingerprint density at radius 1 is 1.00 bits per heavy atom. The maximum atomic E-state index is 6.08. The maximum absolute atomic E-state index is 6.08. The molecule has 5 aromatic rings. The van der Waals surface area contributed by atoms with Gasteiger partial charge < -0.3 is 20.5 Å². The van der Waals surface area contributed by atoms with Gasteiger partial charge in [0.25, 0.3) is 0 Å². The number of aromatic nitrogens is 3. The van der Waals surface area contributed by atoms with Gasteiger partial charge in [-0.05, 0) is 30.3 Å². The smallest absolute Gasteiger partial charge is 0.222 e. The van der Waals surface area contributed by atoms with Crippen molar-refractivity contribution >= 4 is 44.5 Å². The molecule has 0 atom stereocenters. The Morgan fingerprint density at radius 2 is 1.88 bits per heavy atom. The van der Waals surface area contributed by atoms with E-state index in [1.165, 1.54) is 0 Å². The number of nitrogen functional groups attached to an aromatic ring is 2. The molecule has 3 heterocycles. The Labute approximate surface area is 142 Å². The number of hydrogen-bond donors (Lipinski definition) is 2. The largest absolute Gasteiger partial charge is 0.459 e. The lowest BCUT2D eigenvalue weighted by atomic mass is 10.1. The quantitative estimate of drug-likeness (QED) is 0.516. The predicted octanol–water partition coefficient (Wildman–Crippen LogP) is 3.54. The maximum Gasteiger partial charge on any atom is 0.222 e. The molecule has 6 nitrogen and oxygen atoms in total. The van der Waals surface area contributed by atoms with Crippen LogP contribution in [0.3, 0.4) is 0 Å². The summed E-state index contributed by atoms with van der Waals surface area (Å²) in [5, 5.41) is 2.94. The van der Waals surface area contributed by atoms with Crippen LogP contribution in [0.25, 0.3) is 32.8 Å². The predicted molar refractivity (Wildman–Crippen MR) is 99.2 cm³/mol. The highest BCUT2D eigenvalue weighted by molar-refractivity contribution is 6.10. The first-order valence-electron chi connectivity index (χ1n) is 7.97. The average molecular weight is 329 g/mol. The second-order valence-corrected chi connectivity index (χ2v) is 6.05. The van der Waals surface area contributed by atoms with E-state index >= 15 is 0 Å². The van der Waals surface area contributed by atoms with Crippen LogP contribution in [0.15, 0.2) is 59.1 Å². The molecule has 0 saturated carbocycles. The van der Waals surface area contributed by atoms with Crippen molar-refractivity contribution < 1.29 is 4.42 Å². The lowest BCUT2D eigenvalue weighted by molar-refractivity contribution is 0.533. The van der Waals surface area contributed by atoms with Crippen molar-refractivity contribution in [3.05, 3.63) is 60.5 Å². The van der Waals surface area contributed by atoms with Crippen LogP contribution < -0.4 is 11.5 Å². The molecule has 0 aliphatic heterocycles. The van der Waals surface area contributed by atoms with Gasteiger partial charge in [-0.2, -0.15) is 4.98 Å². The number of rotatable bonds is 2. The molecule has 0 bridgehead atoms. The molecule has 0 radical (unpaired) electrons. The summed E-state index contributed by atoms with van der Waals surface area (Å²) in [7, 11) is 0. The van der Waals surface area contributed by atoms with Crippen LogP contribution in [-0.4, -0.2) is 14.5 Å². The molecule has 25 heavy (non-hydrogen) atoms. The number of para-hydroxylation sites is 1. The van der Waals surface area contributed by atoms with Gasteiger partial charge in [0, 0.05) is 22.5 Å². The fourth-order valence-electron chi connectivity index (χ4n) is 3.37. The van der Waals surface area contributed by atoms with Crippen LogP contribution in [0.4, 0.5) is 11.8 Å². The van der Waals surface area contributed by atoms with Crippen LogP contribution in [0.5, 0.6) is 0 Å². The molecule has 0 spiro atoms. The number of anilines is 2. The molecule has 0 aliphatic rings. The molecule has 0 aliphatic carbocycles. The summed E-state index contributed by atoms with van der Waals surface area (Å²) in [5.41, 5.74) is 14.5. The van der Waals surface area contributed by atoms with Crippen molar-refractivity contribution in [1.82, 2.24) is 14.5 Å². The van der Waals surface area contributed by atoms with E-state index in [4.69, 9.17) is 15.9 Å². The first-order valence-corrected chi connectivity index (χ1v) is 7.97. The minimum Gasteiger partial charge on any atom is -0.459 e. The second-order valence-electron chi connectivity index (χ2n) is 6.05. The molecule has 0 saturated heterocycles. The highest BCUT2D eigenvalue weighted by Gasteiger charge is 2.12. The van der Waals surface area contributed by atoms with Crippen molar-refractivity contribution in [2.45, 2.75) is 6.54 Å². The van der Waals surface area contributed by atoms with Crippen LogP contribution >= 0.6 is 0 Å². The standard InChI is InChI=1S/C19H15N5O/c20-18-17-13-7-8-24(15(13)6-5-14(17)22-19(21)23-18)10-12-9-11-3-1-2-4-16(11)25-12/h1-9H,10H2,(H4,20,21,22,23). The third-order valence-corrected chi connectivity index (χ3v) is 4.46. The summed E-state index contributed by atoms with van der Waals surface area (Å²) in [6.07, 6.45) is 2.02. The number of fused-ring (bicyclic) bond motifs is 4. The summed E-state index contributed by atoms with van der Waals surface area (Å²) in [6, 6.07) is 16.0. The van der Waals surface area contributed by atoms with Crippen LogP contribution in [-0.2, 0) is 6.54 Å². The van der Waals surface area contributed by atoms with Gasteiger partial charge in [-0.25, -0.2) is 4.98 Å². The molecular weight excluding hydrogens is 314 g/mol. The highest BCUT2D eigenvalue weighted by atomic mass is 16.3. The van der Waals surface area contributed by atoms with E-state index in [1.54, 1.807) is 0 Å². The fraction of sp³-hybridized carbons (Fsp3) is 0.0526. The van der Waals surface area contributed by atoms with Crippen LogP contribution in [0.2, 0.25) is 0 Å². The van der Waals surface area contributed by atoms with Crippen LogP contribution in [0, 0.1) is 0 Å². The van der Waals surface area contributed by atoms with E-state index in [2.05, 4.69) is 20.6 Å². The van der Waals surface area contributed by atoms with Gasteiger partial charge in [-0.15, -0.1) is 0 Å². The molecule has 0 amide bonds. The minimum atomic E-state index is 0.186. The van der Waals surface area contributed by atoms with E-state index in [-0.39, 0.29) is 5.95 Å². The number of benzene rings is 2. The first-order chi connectivity index (χ1) is 12.2. The third kappa shape index (κ3) is 2.11. The van der Waals surface area contributed by atoms with Gasteiger partial charge in [-0.3, -0.25) is 0 Å². The number of nitrogens with two attached hydrogens (primary N) is 2. The monoisotopic (exact) mass is 329 g/mol. The SMILES string of the molecule is Nc1nc(N)c2c(ccc3c2ccn3Cc2cc3ccccc3o2)n1. The van der Waals surface area contributed by atoms with Gasteiger partial charge in [0.05, 0.1) is 17.4 Å². The molecule has 6 heteroatoms. The van der Waals surface area contributed by atoms with Crippen molar-refractivity contribution in [2.75, 3.05) is 11.5 Å². The van der Waals surface area contributed by atoms with E-state index in [9.17, 15) is 0 Å². The van der Waals surface area contributed by atoms with E-state index < -0.39 is 0 Å². The molecule has 2 aromatic carbocycles. The van der Waals surface area contributed by atoms with E-state index in [1.807, 2.05) is 48.7 Å². The van der Waals surface area contributed by atoms with Gasteiger partial charge in [0.15, 0.2) is 0 Å². The summed E-state index contributed by atoms with van der Waals surface area (Å²) < 4.78 is 8.06. The topological polar surface area (TPSA) is 95.9 Å². The van der Waals surface area contributed by atoms with Crippen molar-refractivity contribution in [3.8, 4) is 0 Å². The molecule has 0 fully saturated rings. The average Bonchev–Trinajstić information content (AvgIpc) is 3.18. The number of hydrogen-bond acceptors (Lipinski definition) is 5. The van der Waals surface area contributed by atoms with Gasteiger partial charge in [-0.1, -0.05) is 18.2 Å². The third-order valence-electron chi connectivity index (χ3n) is 4.46. The first kappa shape index (κ1) is 13.9. The molecular formula is C19H15N5O. The highest BCUT2D eigenvalue weighted by Crippen LogP contribution is 2.30. The summed E-state index contributed by atoms with van der Waals surface area (Å²) in [4.78, 5) is 8.36. The lowest BCUT2D eigenvalue weighted by Crippen LogP contribution is -2.01. The molecule has 122 valence electrons. The molecule has 3 aromatic heterocycles. The van der Waals surface area contributed by atoms with E-state index in [0.717, 1.165) is 38.5 Å². The van der Waals surface area contributed by atoms with Crippen LogP contribution in [0.1, 0.15) is 5.76 Å². The Balaban J connectivity index is 1.65. The summed E-state index contributed by atoms with van der Waals surface area (Å²) in [5.74, 6) is 1.49. The van der Waals surface area contributed by atoms with Crippen molar-refractivity contribution in [3.63, 3.8) is 0 Å². The summed E-state index contributed by atoms with van der Waals surface area (Å²) in [6.45, 7) is 0.638. The zero-order valence-corrected chi connectivity index (χ0v) is 13.3. The molecule has 5 rings (SSSR count). The van der Waals surface area contributed by atoms with Gasteiger partial charge in [0.2, 0.25) is 5.95 Å². The fourth-order valence-corrected chi connectivity index (χ4v) is 3.37.